The van der Waals surface area contributed by atoms with Crippen molar-refractivity contribution >= 4 is 10.9 Å². The molecule has 0 fully saturated rings. The van der Waals surface area contributed by atoms with Crippen LogP contribution >= 0.6 is 0 Å². The molecule has 0 saturated heterocycles. The standard InChI is InChI=1S/C16H24N2/c1-3-10-18-12-14(6-5-9-17)15-11-13(4-2)7-8-16(15)18/h7-8,11-12H,3-6,9-10,17H2,1-2H3. The summed E-state index contributed by atoms with van der Waals surface area (Å²) in [6.07, 6.45) is 6.77. The maximum Gasteiger partial charge on any atom is 0.0483 e. The van der Waals surface area contributed by atoms with E-state index in [0.29, 0.717) is 0 Å². The van der Waals surface area contributed by atoms with E-state index in [0.717, 1.165) is 32.4 Å². The average Bonchev–Trinajstić information content (AvgIpc) is 2.74. The third kappa shape index (κ3) is 2.59. The number of aromatic nitrogens is 1. The second-order valence-corrected chi connectivity index (χ2v) is 4.95. The highest BCUT2D eigenvalue weighted by Crippen LogP contribution is 2.24. The van der Waals surface area contributed by atoms with Crippen LogP contribution in [0.15, 0.2) is 24.4 Å². The van der Waals surface area contributed by atoms with Gasteiger partial charge in [0.1, 0.15) is 0 Å². The van der Waals surface area contributed by atoms with Crippen molar-refractivity contribution in [2.45, 2.75) is 46.1 Å². The topological polar surface area (TPSA) is 30.9 Å². The summed E-state index contributed by atoms with van der Waals surface area (Å²) in [6.45, 7) is 6.31. The Balaban J connectivity index is 2.46. The minimum absolute atomic E-state index is 0.772. The second kappa shape index (κ2) is 6.05. The summed E-state index contributed by atoms with van der Waals surface area (Å²) in [7, 11) is 0. The summed E-state index contributed by atoms with van der Waals surface area (Å²) in [5, 5.41) is 1.43. The lowest BCUT2D eigenvalue weighted by molar-refractivity contribution is 0.699. The molecule has 2 aromatic rings. The fourth-order valence-corrected chi connectivity index (χ4v) is 2.56. The van der Waals surface area contributed by atoms with Gasteiger partial charge in [-0.3, -0.25) is 0 Å². The van der Waals surface area contributed by atoms with Gasteiger partial charge >= 0.3 is 0 Å². The summed E-state index contributed by atoms with van der Waals surface area (Å²) >= 11 is 0. The Hall–Kier alpha value is -1.28. The molecule has 0 amide bonds. The van der Waals surface area contributed by atoms with Crippen molar-refractivity contribution in [2.75, 3.05) is 6.54 Å². The molecule has 0 radical (unpaired) electrons. The van der Waals surface area contributed by atoms with Gasteiger partial charge in [0.05, 0.1) is 0 Å². The quantitative estimate of drug-likeness (QED) is 0.828. The third-order valence-corrected chi connectivity index (χ3v) is 3.55. The van der Waals surface area contributed by atoms with E-state index in [9.17, 15) is 0 Å². The fourth-order valence-electron chi connectivity index (χ4n) is 2.56. The normalized spacial score (nSPS) is 11.3. The molecule has 0 aliphatic carbocycles. The smallest absolute Gasteiger partial charge is 0.0483 e. The molecule has 0 atom stereocenters. The molecule has 98 valence electrons. The fraction of sp³-hybridized carbons (Fsp3) is 0.500. The van der Waals surface area contributed by atoms with Gasteiger partial charge in [-0.25, -0.2) is 0 Å². The van der Waals surface area contributed by atoms with Crippen LogP contribution in [-0.2, 0) is 19.4 Å². The number of nitrogens with two attached hydrogens (primary N) is 1. The molecule has 2 heteroatoms. The van der Waals surface area contributed by atoms with Gasteiger partial charge in [-0.2, -0.15) is 0 Å². The monoisotopic (exact) mass is 244 g/mol. The van der Waals surface area contributed by atoms with E-state index in [1.165, 1.54) is 28.5 Å². The van der Waals surface area contributed by atoms with Crippen LogP contribution in [0.25, 0.3) is 10.9 Å². The molecule has 2 rings (SSSR count). The van der Waals surface area contributed by atoms with E-state index >= 15 is 0 Å². The predicted octanol–water partition coefficient (Wildman–Crippen LogP) is 3.51. The SMILES string of the molecule is CCCn1cc(CCCN)c2cc(CC)ccc21. The van der Waals surface area contributed by atoms with E-state index in [2.05, 4.69) is 42.8 Å². The number of rotatable bonds is 6. The molecule has 2 nitrogen and oxygen atoms in total. The van der Waals surface area contributed by atoms with Crippen LogP contribution in [0, 0.1) is 0 Å². The first-order valence-electron chi connectivity index (χ1n) is 7.10. The van der Waals surface area contributed by atoms with Crippen molar-refractivity contribution in [3.8, 4) is 0 Å². The first kappa shape index (κ1) is 13.2. The van der Waals surface area contributed by atoms with Crippen molar-refractivity contribution in [3.05, 3.63) is 35.5 Å². The molecule has 0 bridgehead atoms. The minimum Gasteiger partial charge on any atom is -0.347 e. The molecule has 1 aromatic carbocycles. The molecule has 1 aromatic heterocycles. The summed E-state index contributed by atoms with van der Waals surface area (Å²) in [4.78, 5) is 0. The van der Waals surface area contributed by atoms with Gasteiger partial charge in [0.25, 0.3) is 0 Å². The van der Waals surface area contributed by atoms with Crippen molar-refractivity contribution in [3.63, 3.8) is 0 Å². The molecule has 18 heavy (non-hydrogen) atoms. The number of fused-ring (bicyclic) bond motifs is 1. The van der Waals surface area contributed by atoms with Crippen LogP contribution in [-0.4, -0.2) is 11.1 Å². The summed E-state index contributed by atoms with van der Waals surface area (Å²) in [6, 6.07) is 6.88. The first-order chi connectivity index (χ1) is 8.80. The molecule has 0 saturated carbocycles. The van der Waals surface area contributed by atoms with Crippen LogP contribution in [0.4, 0.5) is 0 Å². The highest BCUT2D eigenvalue weighted by Gasteiger charge is 2.08. The Labute approximate surface area is 110 Å². The van der Waals surface area contributed by atoms with Gasteiger partial charge in [-0.05, 0) is 55.5 Å². The van der Waals surface area contributed by atoms with Gasteiger partial charge < -0.3 is 10.3 Å². The molecule has 2 N–H and O–H groups in total. The first-order valence-corrected chi connectivity index (χ1v) is 7.10. The highest BCUT2D eigenvalue weighted by molar-refractivity contribution is 5.84. The average molecular weight is 244 g/mol. The molecular formula is C16H24N2. The molecule has 0 spiro atoms. The maximum absolute atomic E-state index is 5.64. The summed E-state index contributed by atoms with van der Waals surface area (Å²) < 4.78 is 2.39. The largest absolute Gasteiger partial charge is 0.347 e. The number of hydrogen-bond donors (Lipinski definition) is 1. The number of benzene rings is 1. The summed E-state index contributed by atoms with van der Waals surface area (Å²) in [5.41, 5.74) is 9.89. The Morgan fingerprint density at radius 1 is 1.22 bits per heavy atom. The Morgan fingerprint density at radius 3 is 2.72 bits per heavy atom. The number of aryl methyl sites for hydroxylation is 3. The van der Waals surface area contributed by atoms with Crippen LogP contribution in [0.3, 0.4) is 0 Å². The zero-order valence-corrected chi connectivity index (χ0v) is 11.6. The van der Waals surface area contributed by atoms with E-state index in [4.69, 9.17) is 5.73 Å². The number of hydrogen-bond acceptors (Lipinski definition) is 1. The lowest BCUT2D eigenvalue weighted by Gasteiger charge is -2.03. The van der Waals surface area contributed by atoms with Crippen LogP contribution in [0.1, 0.15) is 37.8 Å². The van der Waals surface area contributed by atoms with Gasteiger partial charge in [-0.15, -0.1) is 0 Å². The zero-order chi connectivity index (χ0) is 13.0. The van der Waals surface area contributed by atoms with E-state index in [1.807, 2.05) is 0 Å². The van der Waals surface area contributed by atoms with E-state index in [1.54, 1.807) is 0 Å². The molecule has 0 aliphatic heterocycles. The van der Waals surface area contributed by atoms with Gasteiger partial charge in [0, 0.05) is 23.6 Å². The summed E-state index contributed by atoms with van der Waals surface area (Å²) in [5.74, 6) is 0. The van der Waals surface area contributed by atoms with Crippen molar-refractivity contribution < 1.29 is 0 Å². The molecule has 1 heterocycles. The molecule has 0 aliphatic rings. The van der Waals surface area contributed by atoms with Gasteiger partial charge in [0.2, 0.25) is 0 Å². The zero-order valence-electron chi connectivity index (χ0n) is 11.6. The lowest BCUT2D eigenvalue weighted by Crippen LogP contribution is -2.00. The van der Waals surface area contributed by atoms with Crippen molar-refractivity contribution in [2.24, 2.45) is 5.73 Å². The third-order valence-electron chi connectivity index (χ3n) is 3.55. The Bertz CT molecular complexity index is 511. The molecular weight excluding hydrogens is 220 g/mol. The minimum atomic E-state index is 0.772. The van der Waals surface area contributed by atoms with Crippen LogP contribution in [0.5, 0.6) is 0 Å². The Kier molecular flexibility index (Phi) is 4.43. The van der Waals surface area contributed by atoms with Crippen LogP contribution in [0.2, 0.25) is 0 Å². The predicted molar refractivity (Wildman–Crippen MR) is 79.0 cm³/mol. The number of nitrogens with zero attached hydrogens (tertiary/aromatic N) is 1. The van der Waals surface area contributed by atoms with Crippen molar-refractivity contribution in [1.82, 2.24) is 4.57 Å². The molecule has 0 unspecified atom stereocenters. The Morgan fingerprint density at radius 2 is 2.06 bits per heavy atom. The highest BCUT2D eigenvalue weighted by atomic mass is 15.0. The maximum atomic E-state index is 5.64. The van der Waals surface area contributed by atoms with Crippen molar-refractivity contribution in [1.29, 1.82) is 0 Å². The second-order valence-electron chi connectivity index (χ2n) is 4.95. The lowest BCUT2D eigenvalue weighted by atomic mass is 10.0. The van der Waals surface area contributed by atoms with E-state index < -0.39 is 0 Å². The van der Waals surface area contributed by atoms with Gasteiger partial charge in [-0.1, -0.05) is 19.9 Å². The van der Waals surface area contributed by atoms with E-state index in [-0.39, 0.29) is 0 Å². The van der Waals surface area contributed by atoms with Crippen LogP contribution < -0.4 is 5.73 Å². The van der Waals surface area contributed by atoms with Gasteiger partial charge in [0.15, 0.2) is 0 Å².